The highest BCUT2D eigenvalue weighted by molar-refractivity contribution is 8.00. The third-order valence-electron chi connectivity index (χ3n) is 3.78. The van der Waals surface area contributed by atoms with E-state index in [2.05, 4.69) is 18.8 Å². The van der Waals surface area contributed by atoms with Crippen molar-refractivity contribution < 1.29 is 4.79 Å². The van der Waals surface area contributed by atoms with Crippen LogP contribution in [0.5, 0.6) is 0 Å². The third kappa shape index (κ3) is 2.12. The van der Waals surface area contributed by atoms with Crippen LogP contribution in [0, 0.1) is 0 Å². The Morgan fingerprint density at radius 2 is 2.26 bits per heavy atom. The van der Waals surface area contributed by atoms with Gasteiger partial charge in [0.1, 0.15) is 11.3 Å². The smallest absolute Gasteiger partial charge is 0.272 e. The highest BCUT2D eigenvalue weighted by atomic mass is 32.2. The number of pyridine rings is 1. The molecule has 2 aromatic heterocycles. The molecule has 3 rings (SSSR count). The zero-order valence-corrected chi connectivity index (χ0v) is 11.9. The van der Waals surface area contributed by atoms with Crippen LogP contribution in [0.15, 0.2) is 30.6 Å². The van der Waals surface area contributed by atoms with Gasteiger partial charge in [0.15, 0.2) is 0 Å². The van der Waals surface area contributed by atoms with Crippen LogP contribution in [0.25, 0.3) is 5.65 Å². The molecule has 0 N–H and O–H groups in total. The van der Waals surface area contributed by atoms with E-state index >= 15 is 0 Å². The monoisotopic (exact) mass is 275 g/mol. The molecule has 0 saturated carbocycles. The van der Waals surface area contributed by atoms with Gasteiger partial charge in [-0.15, -0.1) is 0 Å². The number of hydrogen-bond acceptors (Lipinski definition) is 3. The van der Waals surface area contributed by atoms with Crippen molar-refractivity contribution in [2.45, 2.75) is 25.1 Å². The highest BCUT2D eigenvalue weighted by Gasteiger charge is 2.30. The number of thioether (sulfide) groups is 1. The van der Waals surface area contributed by atoms with Crippen LogP contribution in [0.2, 0.25) is 0 Å². The lowest BCUT2D eigenvalue weighted by Gasteiger charge is -2.37. The number of carbonyl (C=O) groups excluding carboxylic acids is 1. The molecule has 2 atom stereocenters. The summed E-state index contributed by atoms with van der Waals surface area (Å²) < 4.78 is 1.86. The average molecular weight is 275 g/mol. The molecule has 1 fully saturated rings. The van der Waals surface area contributed by atoms with E-state index < -0.39 is 0 Å². The molecular weight excluding hydrogens is 258 g/mol. The molecule has 0 bridgehead atoms. The van der Waals surface area contributed by atoms with Crippen LogP contribution in [0.1, 0.15) is 24.3 Å². The fraction of sp³-hybridized carbons (Fsp3) is 0.429. The van der Waals surface area contributed by atoms with Gasteiger partial charge in [0.25, 0.3) is 5.91 Å². The Bertz CT molecular complexity index is 610. The Labute approximate surface area is 116 Å². The predicted octanol–water partition coefficient (Wildman–Crippen LogP) is 2.30. The maximum absolute atomic E-state index is 12.7. The first-order valence-electron chi connectivity index (χ1n) is 6.53. The molecule has 1 saturated heterocycles. The van der Waals surface area contributed by atoms with Crippen LogP contribution in [-0.4, -0.2) is 43.8 Å². The van der Waals surface area contributed by atoms with Crippen molar-refractivity contribution in [3.05, 3.63) is 36.3 Å². The van der Waals surface area contributed by atoms with Gasteiger partial charge in [-0.1, -0.05) is 13.0 Å². The van der Waals surface area contributed by atoms with Gasteiger partial charge in [-0.2, -0.15) is 11.8 Å². The number of imidazole rings is 1. The van der Waals surface area contributed by atoms with E-state index in [0.717, 1.165) is 17.9 Å². The molecule has 4 nitrogen and oxygen atoms in total. The second-order valence-electron chi connectivity index (χ2n) is 4.89. The molecule has 0 aliphatic carbocycles. The van der Waals surface area contributed by atoms with E-state index in [1.54, 1.807) is 6.20 Å². The van der Waals surface area contributed by atoms with Crippen LogP contribution in [-0.2, 0) is 0 Å². The zero-order valence-electron chi connectivity index (χ0n) is 11.1. The normalized spacial score (nSPS) is 23.8. The first-order valence-corrected chi connectivity index (χ1v) is 7.58. The van der Waals surface area contributed by atoms with E-state index in [1.807, 2.05) is 45.5 Å². The van der Waals surface area contributed by atoms with Crippen molar-refractivity contribution in [1.82, 2.24) is 14.3 Å². The van der Waals surface area contributed by atoms with Gasteiger partial charge >= 0.3 is 0 Å². The van der Waals surface area contributed by atoms with Crippen molar-refractivity contribution in [2.75, 3.05) is 12.3 Å². The minimum Gasteiger partial charge on any atom is -0.333 e. The Balaban J connectivity index is 1.95. The van der Waals surface area contributed by atoms with E-state index in [1.165, 1.54) is 0 Å². The van der Waals surface area contributed by atoms with Crippen LogP contribution < -0.4 is 0 Å². The second kappa shape index (κ2) is 4.89. The number of fused-ring (bicyclic) bond motifs is 1. The number of aromatic nitrogens is 2. The van der Waals surface area contributed by atoms with Gasteiger partial charge in [-0.05, 0) is 19.1 Å². The summed E-state index contributed by atoms with van der Waals surface area (Å²) in [5, 5.41) is 0.483. The molecule has 1 aliphatic rings. The average Bonchev–Trinajstić information content (AvgIpc) is 2.85. The molecule has 2 aromatic rings. The number of amides is 1. The van der Waals surface area contributed by atoms with Crippen LogP contribution >= 0.6 is 11.8 Å². The Kier molecular flexibility index (Phi) is 3.22. The molecule has 1 aliphatic heterocycles. The lowest BCUT2D eigenvalue weighted by atomic mass is 10.2. The summed E-state index contributed by atoms with van der Waals surface area (Å²) in [6, 6.07) is 6.03. The molecule has 2 unspecified atom stereocenters. The fourth-order valence-corrected chi connectivity index (χ4v) is 3.56. The van der Waals surface area contributed by atoms with Crippen LogP contribution in [0.4, 0.5) is 0 Å². The van der Waals surface area contributed by atoms with Gasteiger partial charge in [0.2, 0.25) is 0 Å². The molecule has 5 heteroatoms. The van der Waals surface area contributed by atoms with Crippen molar-refractivity contribution in [1.29, 1.82) is 0 Å². The lowest BCUT2D eigenvalue weighted by molar-refractivity contribution is 0.0691. The first-order chi connectivity index (χ1) is 9.18. The molecular formula is C14H17N3OS. The summed E-state index contributed by atoms with van der Waals surface area (Å²) in [6.45, 7) is 5.12. The quantitative estimate of drug-likeness (QED) is 0.801. The molecule has 100 valence electrons. The number of nitrogens with zero attached hydrogens (tertiary/aromatic N) is 3. The van der Waals surface area contributed by atoms with E-state index in [9.17, 15) is 4.79 Å². The zero-order chi connectivity index (χ0) is 13.4. The summed E-state index contributed by atoms with van der Waals surface area (Å²) in [6.07, 6.45) is 3.57. The van der Waals surface area contributed by atoms with Gasteiger partial charge < -0.3 is 4.90 Å². The van der Waals surface area contributed by atoms with Crippen molar-refractivity contribution >= 4 is 23.3 Å². The predicted molar refractivity (Wildman–Crippen MR) is 77.6 cm³/mol. The SMILES string of the molecule is CC1SCCN(C(=O)c2cnc3ccccn23)C1C. The van der Waals surface area contributed by atoms with Gasteiger partial charge in [-0.3, -0.25) is 9.20 Å². The van der Waals surface area contributed by atoms with E-state index in [0.29, 0.717) is 10.9 Å². The van der Waals surface area contributed by atoms with E-state index in [-0.39, 0.29) is 11.9 Å². The van der Waals surface area contributed by atoms with Crippen molar-refractivity contribution in [2.24, 2.45) is 0 Å². The molecule has 3 heterocycles. The summed E-state index contributed by atoms with van der Waals surface area (Å²) in [7, 11) is 0. The first kappa shape index (κ1) is 12.5. The molecule has 19 heavy (non-hydrogen) atoms. The van der Waals surface area contributed by atoms with Gasteiger partial charge in [0, 0.05) is 29.8 Å². The maximum Gasteiger partial charge on any atom is 0.272 e. The van der Waals surface area contributed by atoms with Crippen LogP contribution in [0.3, 0.4) is 0 Å². The summed E-state index contributed by atoms with van der Waals surface area (Å²) in [5.41, 5.74) is 1.47. The largest absolute Gasteiger partial charge is 0.333 e. The Morgan fingerprint density at radius 3 is 3.11 bits per heavy atom. The summed E-state index contributed by atoms with van der Waals surface area (Å²) in [5.74, 6) is 1.09. The van der Waals surface area contributed by atoms with Gasteiger partial charge in [-0.25, -0.2) is 4.98 Å². The highest BCUT2D eigenvalue weighted by Crippen LogP contribution is 2.25. The number of carbonyl (C=O) groups is 1. The molecule has 0 radical (unpaired) electrons. The minimum absolute atomic E-state index is 0.0818. The van der Waals surface area contributed by atoms with Crippen molar-refractivity contribution in [3.63, 3.8) is 0 Å². The second-order valence-corrected chi connectivity index (χ2v) is 6.37. The summed E-state index contributed by atoms with van der Waals surface area (Å²) in [4.78, 5) is 18.9. The standard InChI is InChI=1S/C14H17N3OS/c1-10-11(2)19-8-7-16(10)14(18)12-9-15-13-5-3-4-6-17(12)13/h3-6,9-11H,7-8H2,1-2H3. The Hall–Kier alpha value is -1.49. The third-order valence-corrected chi connectivity index (χ3v) is 5.12. The fourth-order valence-electron chi connectivity index (χ4n) is 2.46. The van der Waals surface area contributed by atoms with Gasteiger partial charge in [0.05, 0.1) is 6.20 Å². The van der Waals surface area contributed by atoms with Crippen molar-refractivity contribution in [3.8, 4) is 0 Å². The number of rotatable bonds is 1. The summed E-state index contributed by atoms with van der Waals surface area (Å²) >= 11 is 1.93. The lowest BCUT2D eigenvalue weighted by Crippen LogP contribution is -2.48. The molecule has 1 amide bonds. The minimum atomic E-state index is 0.0818. The maximum atomic E-state index is 12.7. The van der Waals surface area contributed by atoms with E-state index in [4.69, 9.17) is 0 Å². The molecule has 0 spiro atoms. The number of hydrogen-bond donors (Lipinski definition) is 0. The topological polar surface area (TPSA) is 37.6 Å². The Morgan fingerprint density at radius 1 is 1.42 bits per heavy atom. The molecule has 0 aromatic carbocycles.